The van der Waals surface area contributed by atoms with Crippen LogP contribution in [0.5, 0.6) is 0 Å². The van der Waals surface area contributed by atoms with E-state index in [-0.39, 0.29) is 10.6 Å². The van der Waals surface area contributed by atoms with E-state index in [2.05, 4.69) is 5.10 Å². The summed E-state index contributed by atoms with van der Waals surface area (Å²) >= 11 is 5.55. The second-order valence-corrected chi connectivity index (χ2v) is 7.59. The van der Waals surface area contributed by atoms with Gasteiger partial charge in [-0.25, -0.2) is 13.1 Å². The summed E-state index contributed by atoms with van der Waals surface area (Å²) in [7, 11) is -3.27. The van der Waals surface area contributed by atoms with Crippen LogP contribution >= 0.6 is 11.6 Å². The third kappa shape index (κ3) is 3.25. The Morgan fingerprint density at radius 2 is 1.67 bits per heavy atom. The van der Waals surface area contributed by atoms with Crippen molar-refractivity contribution in [2.45, 2.75) is 4.90 Å². The van der Waals surface area contributed by atoms with E-state index < -0.39 is 15.1 Å². The molecule has 3 rings (SSSR count). The minimum atomic E-state index is -3.27. The van der Waals surface area contributed by atoms with E-state index in [4.69, 9.17) is 11.6 Å². The minimum Gasteiger partial charge on any atom is -0.274 e. The van der Waals surface area contributed by atoms with Gasteiger partial charge < -0.3 is 0 Å². The highest BCUT2D eigenvalue weighted by Crippen LogP contribution is 2.26. The van der Waals surface area contributed by atoms with Gasteiger partial charge in [0.05, 0.1) is 16.3 Å². The smallest absolute Gasteiger partial charge is 0.272 e. The van der Waals surface area contributed by atoms with Gasteiger partial charge in [0.25, 0.3) is 5.24 Å². The van der Waals surface area contributed by atoms with Crippen molar-refractivity contribution in [3.8, 4) is 16.9 Å². The molecule has 0 N–H and O–H groups in total. The van der Waals surface area contributed by atoms with E-state index in [9.17, 15) is 13.2 Å². The first-order valence-corrected chi connectivity index (χ1v) is 9.29. The van der Waals surface area contributed by atoms with Crippen LogP contribution in [0.1, 0.15) is 10.5 Å². The van der Waals surface area contributed by atoms with Crippen molar-refractivity contribution in [1.82, 2.24) is 9.78 Å². The molecular formula is C17H13ClN2O3S. The topological polar surface area (TPSA) is 69.0 Å². The lowest BCUT2D eigenvalue weighted by Gasteiger charge is -2.08. The molecule has 0 amide bonds. The predicted molar refractivity (Wildman–Crippen MR) is 92.3 cm³/mol. The van der Waals surface area contributed by atoms with Gasteiger partial charge in [0.15, 0.2) is 9.84 Å². The van der Waals surface area contributed by atoms with Crippen LogP contribution in [-0.2, 0) is 9.84 Å². The van der Waals surface area contributed by atoms with Crippen LogP contribution in [0.2, 0.25) is 0 Å². The summed E-state index contributed by atoms with van der Waals surface area (Å²) in [6.45, 7) is 0. The maximum atomic E-state index is 11.6. The lowest BCUT2D eigenvalue weighted by molar-refractivity contribution is 0.107. The number of hydrogen-bond acceptors (Lipinski definition) is 4. The zero-order valence-corrected chi connectivity index (χ0v) is 14.3. The van der Waals surface area contributed by atoms with Crippen molar-refractivity contribution >= 4 is 26.7 Å². The Labute approximate surface area is 144 Å². The first kappa shape index (κ1) is 16.4. The van der Waals surface area contributed by atoms with Gasteiger partial charge >= 0.3 is 0 Å². The summed E-state index contributed by atoms with van der Waals surface area (Å²) in [5.74, 6) is 0. The van der Waals surface area contributed by atoms with Crippen LogP contribution in [0.4, 0.5) is 0 Å². The number of para-hydroxylation sites is 1. The highest BCUT2D eigenvalue weighted by atomic mass is 35.5. The third-order valence-electron chi connectivity index (χ3n) is 3.49. The largest absolute Gasteiger partial charge is 0.274 e. The zero-order valence-electron chi connectivity index (χ0n) is 12.7. The Kier molecular flexibility index (Phi) is 4.26. The second kappa shape index (κ2) is 6.22. The molecule has 1 heterocycles. The zero-order chi connectivity index (χ0) is 17.3. The van der Waals surface area contributed by atoms with Crippen LogP contribution in [0.3, 0.4) is 0 Å². The third-order valence-corrected chi connectivity index (χ3v) is 4.81. The molecule has 0 atom stereocenters. The molecule has 0 saturated carbocycles. The fraction of sp³-hybridized carbons (Fsp3) is 0.0588. The highest BCUT2D eigenvalue weighted by Gasteiger charge is 2.16. The maximum Gasteiger partial charge on any atom is 0.272 e. The van der Waals surface area contributed by atoms with Gasteiger partial charge in [-0.05, 0) is 41.9 Å². The molecule has 0 saturated heterocycles. The van der Waals surface area contributed by atoms with Gasteiger partial charge in [0.2, 0.25) is 0 Å². The van der Waals surface area contributed by atoms with Gasteiger partial charge in [-0.2, -0.15) is 5.10 Å². The molecular weight excluding hydrogens is 348 g/mol. The standard InChI is InChI=1S/C17H13ClN2O3S/c1-24(22,23)14-9-7-12(8-10-14)16-11-15(17(18)21)19-20(16)13-5-3-2-4-6-13/h2-11H,1H3. The van der Waals surface area contributed by atoms with Crippen LogP contribution in [0.25, 0.3) is 16.9 Å². The second-order valence-electron chi connectivity index (χ2n) is 5.23. The summed E-state index contributed by atoms with van der Waals surface area (Å²) in [6, 6.07) is 17.3. The number of halogens is 1. The van der Waals surface area contributed by atoms with E-state index in [0.717, 1.165) is 17.5 Å². The molecule has 2 aromatic carbocycles. The lowest BCUT2D eigenvalue weighted by atomic mass is 10.1. The van der Waals surface area contributed by atoms with Gasteiger partial charge in [0, 0.05) is 11.8 Å². The van der Waals surface area contributed by atoms with Crippen molar-refractivity contribution in [2.24, 2.45) is 0 Å². The average Bonchev–Trinajstić information content (AvgIpc) is 3.00. The summed E-state index contributed by atoms with van der Waals surface area (Å²) in [4.78, 5) is 11.7. The van der Waals surface area contributed by atoms with Gasteiger partial charge in [-0.1, -0.05) is 30.3 Å². The Balaban J connectivity index is 2.15. The molecule has 0 unspecified atom stereocenters. The van der Waals surface area contributed by atoms with E-state index in [1.54, 1.807) is 22.9 Å². The molecule has 0 spiro atoms. The molecule has 0 aliphatic heterocycles. The van der Waals surface area contributed by atoms with Crippen molar-refractivity contribution < 1.29 is 13.2 Å². The van der Waals surface area contributed by atoms with Crippen molar-refractivity contribution in [3.63, 3.8) is 0 Å². The fourth-order valence-corrected chi connectivity index (χ4v) is 3.04. The van der Waals surface area contributed by atoms with Crippen LogP contribution in [0, 0.1) is 0 Å². The van der Waals surface area contributed by atoms with Crippen molar-refractivity contribution in [3.05, 3.63) is 66.4 Å². The summed E-state index contributed by atoms with van der Waals surface area (Å²) in [5.41, 5.74) is 2.26. The van der Waals surface area contributed by atoms with E-state index in [0.29, 0.717) is 5.69 Å². The van der Waals surface area contributed by atoms with E-state index in [1.807, 2.05) is 30.3 Å². The molecule has 7 heteroatoms. The van der Waals surface area contributed by atoms with Crippen LogP contribution < -0.4 is 0 Å². The molecule has 122 valence electrons. The minimum absolute atomic E-state index is 0.128. The number of hydrogen-bond donors (Lipinski definition) is 0. The monoisotopic (exact) mass is 360 g/mol. The highest BCUT2D eigenvalue weighted by molar-refractivity contribution is 7.90. The molecule has 24 heavy (non-hydrogen) atoms. The lowest BCUT2D eigenvalue weighted by Crippen LogP contribution is -2.01. The van der Waals surface area contributed by atoms with Crippen molar-refractivity contribution in [1.29, 1.82) is 0 Å². The number of nitrogens with zero attached hydrogens (tertiary/aromatic N) is 2. The molecule has 0 aliphatic carbocycles. The first-order chi connectivity index (χ1) is 11.4. The Hall–Kier alpha value is -2.44. The first-order valence-electron chi connectivity index (χ1n) is 7.02. The summed E-state index contributed by atoms with van der Waals surface area (Å²) in [6.07, 6.45) is 1.15. The number of carbonyl (C=O) groups excluding carboxylic acids is 1. The number of sulfone groups is 1. The normalized spacial score (nSPS) is 11.4. The van der Waals surface area contributed by atoms with Crippen molar-refractivity contribution in [2.75, 3.05) is 6.26 Å². The maximum absolute atomic E-state index is 11.6. The molecule has 3 aromatic rings. The fourth-order valence-electron chi connectivity index (χ4n) is 2.32. The average molecular weight is 361 g/mol. The number of rotatable bonds is 4. The SMILES string of the molecule is CS(=O)(=O)c1ccc(-c2cc(C(=O)Cl)nn2-c2ccccc2)cc1. The van der Waals surface area contributed by atoms with Gasteiger partial charge in [-0.3, -0.25) is 4.79 Å². The quantitative estimate of drug-likeness (QED) is 0.669. The Bertz CT molecular complexity index is 994. The Morgan fingerprint density at radius 3 is 2.21 bits per heavy atom. The van der Waals surface area contributed by atoms with Gasteiger partial charge in [0.1, 0.15) is 5.69 Å². The van der Waals surface area contributed by atoms with Gasteiger partial charge in [-0.15, -0.1) is 0 Å². The molecule has 0 radical (unpaired) electrons. The molecule has 0 fully saturated rings. The summed E-state index contributed by atoms with van der Waals surface area (Å²) < 4.78 is 24.8. The van der Waals surface area contributed by atoms with Crippen LogP contribution in [-0.4, -0.2) is 29.7 Å². The molecule has 0 aliphatic rings. The van der Waals surface area contributed by atoms with E-state index >= 15 is 0 Å². The van der Waals surface area contributed by atoms with E-state index in [1.165, 1.54) is 12.1 Å². The molecule has 1 aromatic heterocycles. The number of benzene rings is 2. The van der Waals surface area contributed by atoms with Crippen LogP contribution in [0.15, 0.2) is 65.6 Å². The predicted octanol–water partition coefficient (Wildman–Crippen LogP) is 3.32. The molecule has 5 nitrogen and oxygen atoms in total. The number of aromatic nitrogens is 2. The molecule has 0 bridgehead atoms. The number of carbonyl (C=O) groups is 1. The summed E-state index contributed by atoms with van der Waals surface area (Å²) in [5, 5.41) is 3.59. The Morgan fingerprint density at radius 1 is 1.04 bits per heavy atom.